The van der Waals surface area contributed by atoms with Crippen LogP contribution in [0.4, 0.5) is 0 Å². The molecule has 0 unspecified atom stereocenters. The van der Waals surface area contributed by atoms with Crippen LogP contribution in [-0.2, 0) is 12.5 Å². The van der Waals surface area contributed by atoms with Crippen LogP contribution in [-0.4, -0.2) is 0 Å². The number of rotatable bonds is 2. The maximum absolute atomic E-state index is 2.45. The summed E-state index contributed by atoms with van der Waals surface area (Å²) >= 11 is 0. The number of aromatic nitrogens is 1. The van der Waals surface area contributed by atoms with Crippen LogP contribution in [0.2, 0.25) is 0 Å². The molecule has 0 N–H and O–H groups in total. The Hall–Kier alpha value is -2.41. The third-order valence-electron chi connectivity index (χ3n) is 6.09. The number of fused-ring (bicyclic) bond motifs is 3. The van der Waals surface area contributed by atoms with Gasteiger partial charge in [-0.15, -0.1) is 0 Å². The fraction of sp³-hybridized carbons (Fsp3) is 0.320. The van der Waals surface area contributed by atoms with Gasteiger partial charge in [0.15, 0.2) is 6.20 Å². The van der Waals surface area contributed by atoms with Crippen molar-refractivity contribution < 1.29 is 4.57 Å². The van der Waals surface area contributed by atoms with Crippen LogP contribution >= 0.6 is 0 Å². The molecule has 1 aliphatic carbocycles. The monoisotopic (exact) mass is 342 g/mol. The first kappa shape index (κ1) is 17.0. The van der Waals surface area contributed by atoms with Gasteiger partial charge in [-0.2, -0.15) is 0 Å². The van der Waals surface area contributed by atoms with Crippen LogP contribution in [0.15, 0.2) is 54.7 Å². The van der Waals surface area contributed by atoms with Gasteiger partial charge in [-0.05, 0) is 58.4 Å². The van der Waals surface area contributed by atoms with Crippen molar-refractivity contribution in [1.82, 2.24) is 0 Å². The van der Waals surface area contributed by atoms with E-state index in [-0.39, 0.29) is 5.41 Å². The van der Waals surface area contributed by atoms with E-state index in [2.05, 4.69) is 101 Å². The van der Waals surface area contributed by atoms with Gasteiger partial charge in [0.25, 0.3) is 0 Å². The topological polar surface area (TPSA) is 3.88 Å². The van der Waals surface area contributed by atoms with Gasteiger partial charge in [-0.25, -0.2) is 4.57 Å². The average molecular weight is 343 g/mol. The van der Waals surface area contributed by atoms with Gasteiger partial charge in [0, 0.05) is 23.1 Å². The van der Waals surface area contributed by atoms with Crippen molar-refractivity contribution in [3.8, 4) is 22.4 Å². The summed E-state index contributed by atoms with van der Waals surface area (Å²) in [6.45, 7) is 11.7. The minimum Gasteiger partial charge on any atom is -0.201 e. The maximum atomic E-state index is 2.45. The van der Waals surface area contributed by atoms with Gasteiger partial charge in [0.1, 0.15) is 7.05 Å². The molecular formula is C25H28N+. The zero-order valence-electron chi connectivity index (χ0n) is 16.7. The highest BCUT2D eigenvalue weighted by Crippen LogP contribution is 2.53. The number of hydrogen-bond acceptors (Lipinski definition) is 0. The lowest BCUT2D eigenvalue weighted by molar-refractivity contribution is -0.660. The lowest BCUT2D eigenvalue weighted by Crippen LogP contribution is -2.30. The molecule has 132 valence electrons. The maximum Gasteiger partial charge on any atom is 0.212 e. The highest BCUT2D eigenvalue weighted by molar-refractivity contribution is 5.87. The second kappa shape index (κ2) is 5.81. The van der Waals surface area contributed by atoms with E-state index < -0.39 is 0 Å². The standard InChI is InChI=1S/C25H28N/c1-16(2)23-17(3)19(22-13-9-10-14-26(22)6)15-21-24(23)18-11-7-8-12-20(18)25(21,4)5/h7-16H,1-6H3/q+1. The van der Waals surface area contributed by atoms with E-state index in [1.54, 1.807) is 0 Å². The van der Waals surface area contributed by atoms with Gasteiger partial charge >= 0.3 is 0 Å². The van der Waals surface area contributed by atoms with Crippen molar-refractivity contribution >= 4 is 0 Å². The number of benzene rings is 2. The normalized spacial score (nSPS) is 14.4. The van der Waals surface area contributed by atoms with Gasteiger partial charge in [-0.1, -0.05) is 52.0 Å². The van der Waals surface area contributed by atoms with Crippen molar-refractivity contribution in [2.75, 3.05) is 0 Å². The number of hydrogen-bond donors (Lipinski definition) is 0. The molecule has 0 fully saturated rings. The molecule has 1 aliphatic rings. The van der Waals surface area contributed by atoms with Crippen molar-refractivity contribution in [1.29, 1.82) is 0 Å². The van der Waals surface area contributed by atoms with Gasteiger partial charge < -0.3 is 0 Å². The average Bonchev–Trinajstić information content (AvgIpc) is 2.83. The molecule has 1 nitrogen and oxygen atoms in total. The summed E-state index contributed by atoms with van der Waals surface area (Å²) in [5, 5.41) is 0. The first-order chi connectivity index (χ1) is 12.3. The predicted octanol–water partition coefficient (Wildman–Crippen LogP) is 5.92. The summed E-state index contributed by atoms with van der Waals surface area (Å²) in [4.78, 5) is 0. The summed E-state index contributed by atoms with van der Waals surface area (Å²) in [5.41, 5.74) is 11.4. The Kier molecular flexibility index (Phi) is 3.80. The smallest absolute Gasteiger partial charge is 0.201 e. The molecule has 0 amide bonds. The molecule has 0 aliphatic heterocycles. The molecule has 0 spiro atoms. The summed E-state index contributed by atoms with van der Waals surface area (Å²) in [5.74, 6) is 0.486. The molecule has 1 heteroatoms. The molecular weight excluding hydrogens is 314 g/mol. The Morgan fingerprint density at radius 2 is 1.58 bits per heavy atom. The first-order valence-electron chi connectivity index (χ1n) is 9.57. The van der Waals surface area contributed by atoms with E-state index in [0.29, 0.717) is 5.92 Å². The predicted molar refractivity (Wildman–Crippen MR) is 109 cm³/mol. The van der Waals surface area contributed by atoms with Gasteiger partial charge in [0.05, 0.1) is 0 Å². The Labute approximate surface area is 157 Å². The minimum absolute atomic E-state index is 0.0331. The second-order valence-electron chi connectivity index (χ2n) is 8.41. The molecule has 1 aromatic heterocycles. The molecule has 0 bridgehead atoms. The Morgan fingerprint density at radius 1 is 0.885 bits per heavy atom. The van der Waals surface area contributed by atoms with E-state index in [1.165, 1.54) is 44.6 Å². The van der Waals surface area contributed by atoms with Crippen LogP contribution in [0, 0.1) is 6.92 Å². The van der Waals surface area contributed by atoms with E-state index >= 15 is 0 Å². The van der Waals surface area contributed by atoms with E-state index in [9.17, 15) is 0 Å². The molecule has 0 atom stereocenters. The lowest BCUT2D eigenvalue weighted by Gasteiger charge is -2.24. The largest absolute Gasteiger partial charge is 0.212 e. The quantitative estimate of drug-likeness (QED) is 0.509. The third kappa shape index (κ3) is 2.26. The number of nitrogens with zero attached hydrogens (tertiary/aromatic N) is 1. The van der Waals surface area contributed by atoms with Crippen LogP contribution in [0.25, 0.3) is 22.4 Å². The summed E-state index contributed by atoms with van der Waals surface area (Å²) in [6.07, 6.45) is 2.14. The van der Waals surface area contributed by atoms with Crippen LogP contribution in [0.1, 0.15) is 55.9 Å². The zero-order valence-corrected chi connectivity index (χ0v) is 16.7. The lowest BCUT2D eigenvalue weighted by atomic mass is 9.79. The summed E-state index contributed by atoms with van der Waals surface area (Å²) in [6, 6.07) is 17.9. The van der Waals surface area contributed by atoms with E-state index in [1.807, 2.05) is 0 Å². The summed E-state index contributed by atoms with van der Waals surface area (Å²) in [7, 11) is 2.14. The fourth-order valence-corrected chi connectivity index (χ4v) is 4.77. The second-order valence-corrected chi connectivity index (χ2v) is 8.41. The van der Waals surface area contributed by atoms with Crippen molar-refractivity contribution in [2.24, 2.45) is 7.05 Å². The number of pyridine rings is 1. The van der Waals surface area contributed by atoms with Crippen LogP contribution in [0.5, 0.6) is 0 Å². The summed E-state index contributed by atoms with van der Waals surface area (Å²) < 4.78 is 2.23. The van der Waals surface area contributed by atoms with Crippen molar-refractivity contribution in [3.63, 3.8) is 0 Å². The third-order valence-corrected chi connectivity index (χ3v) is 6.09. The Morgan fingerprint density at radius 3 is 2.27 bits per heavy atom. The van der Waals surface area contributed by atoms with Gasteiger partial charge in [0.2, 0.25) is 5.69 Å². The molecule has 0 radical (unpaired) electrons. The van der Waals surface area contributed by atoms with Crippen molar-refractivity contribution in [3.05, 3.63) is 77.0 Å². The van der Waals surface area contributed by atoms with Gasteiger partial charge in [-0.3, -0.25) is 0 Å². The molecule has 4 rings (SSSR count). The van der Waals surface area contributed by atoms with E-state index in [4.69, 9.17) is 0 Å². The molecule has 2 aromatic carbocycles. The molecule has 0 saturated carbocycles. The molecule has 1 heterocycles. The highest BCUT2D eigenvalue weighted by atomic mass is 14.9. The highest BCUT2D eigenvalue weighted by Gasteiger charge is 2.38. The number of aryl methyl sites for hydroxylation is 1. The molecule has 3 aromatic rings. The van der Waals surface area contributed by atoms with Crippen molar-refractivity contribution in [2.45, 2.75) is 46.0 Å². The molecule has 26 heavy (non-hydrogen) atoms. The van der Waals surface area contributed by atoms with E-state index in [0.717, 1.165) is 0 Å². The first-order valence-corrected chi connectivity index (χ1v) is 9.57. The SMILES string of the molecule is Cc1c(-c2cccc[n+]2C)cc2c(c1C(C)C)-c1ccccc1C2(C)C. The fourth-order valence-electron chi connectivity index (χ4n) is 4.77. The Bertz CT molecular complexity index is 1010. The van der Waals surface area contributed by atoms with Crippen LogP contribution in [0.3, 0.4) is 0 Å². The minimum atomic E-state index is 0.0331. The van der Waals surface area contributed by atoms with Crippen LogP contribution < -0.4 is 4.57 Å². The zero-order chi connectivity index (χ0) is 18.6. The Balaban J connectivity index is 2.13. The molecule has 0 saturated heterocycles.